The quantitative estimate of drug-likeness (QED) is 0.165. The SMILES string of the molecule is CC(C)(C)c1ccc2c3c(sc2c1)B1c2c(cccc2-n2c4c1cccc4c1ccc4c5ccccc5n(-c5ccccc5)c4c12)N3c1cccc(-c2cccc3c2oc2ccccc23)c1. The Hall–Kier alpha value is -7.80. The molecule has 2 aliphatic heterocycles. The van der Waals surface area contributed by atoms with Gasteiger partial charge in [-0.15, -0.1) is 11.3 Å². The average Bonchev–Trinajstić information content (AvgIpc) is 4.11. The molecule has 6 heterocycles. The van der Waals surface area contributed by atoms with E-state index in [0.29, 0.717) is 0 Å². The van der Waals surface area contributed by atoms with Gasteiger partial charge in [-0.1, -0.05) is 154 Å². The summed E-state index contributed by atoms with van der Waals surface area (Å²) >= 11 is 1.97. The van der Waals surface area contributed by atoms with Gasteiger partial charge in [-0.3, -0.25) is 0 Å². The maximum atomic E-state index is 6.63. The molecule has 0 N–H and O–H groups in total. The van der Waals surface area contributed by atoms with E-state index in [4.69, 9.17) is 4.42 Å². The van der Waals surface area contributed by atoms with Crippen molar-refractivity contribution in [1.29, 1.82) is 0 Å². The Kier molecular flexibility index (Phi) is 7.16. The van der Waals surface area contributed by atoms with Gasteiger partial charge in [-0.2, -0.15) is 0 Å². The highest BCUT2D eigenvalue weighted by molar-refractivity contribution is 7.33. The minimum Gasteiger partial charge on any atom is -0.455 e. The Bertz CT molecular complexity index is 4240. The Morgan fingerprint density at radius 2 is 1.17 bits per heavy atom. The van der Waals surface area contributed by atoms with Crippen LogP contribution < -0.4 is 20.6 Å². The number of thiophene rings is 1. The fourth-order valence-electron chi connectivity index (χ4n) is 11.8. The van der Waals surface area contributed by atoms with Gasteiger partial charge in [-0.05, 0) is 82.1 Å². The Morgan fingerprint density at radius 1 is 0.500 bits per heavy atom. The first-order valence-electron chi connectivity index (χ1n) is 23.0. The van der Waals surface area contributed by atoms with Crippen molar-refractivity contribution in [2.24, 2.45) is 0 Å². The van der Waals surface area contributed by atoms with E-state index in [1.165, 1.54) is 92.0 Å². The first-order chi connectivity index (χ1) is 32.4. The molecule has 9 aromatic carbocycles. The minimum atomic E-state index is 0.0193. The predicted octanol–water partition coefficient (Wildman–Crippen LogP) is 14.6. The molecule has 0 saturated heterocycles. The maximum absolute atomic E-state index is 6.63. The number of nitrogens with zero attached hydrogens (tertiary/aromatic N) is 3. The molecule has 0 bridgehead atoms. The summed E-state index contributed by atoms with van der Waals surface area (Å²) in [6.07, 6.45) is 0. The Balaban J connectivity index is 1.05. The predicted molar refractivity (Wildman–Crippen MR) is 281 cm³/mol. The van der Waals surface area contributed by atoms with E-state index in [2.05, 4.69) is 217 Å². The zero-order valence-corrected chi connectivity index (χ0v) is 37.4. The molecule has 0 spiro atoms. The lowest BCUT2D eigenvalue weighted by molar-refractivity contribution is 0.591. The van der Waals surface area contributed by atoms with Crippen LogP contribution in [-0.4, -0.2) is 15.8 Å². The molecular weight excluding hydrogens is 822 g/mol. The molecule has 13 aromatic rings. The highest BCUT2D eigenvalue weighted by Gasteiger charge is 2.44. The lowest BCUT2D eigenvalue weighted by Crippen LogP contribution is -2.59. The van der Waals surface area contributed by atoms with Gasteiger partial charge in [0, 0.05) is 81.0 Å². The van der Waals surface area contributed by atoms with Gasteiger partial charge in [0.25, 0.3) is 6.71 Å². The van der Waals surface area contributed by atoms with E-state index in [1.54, 1.807) is 0 Å². The van der Waals surface area contributed by atoms with Gasteiger partial charge in [0.15, 0.2) is 0 Å². The van der Waals surface area contributed by atoms with Crippen LogP contribution in [0.15, 0.2) is 192 Å². The number of rotatable bonds is 3. The lowest BCUT2D eigenvalue weighted by Gasteiger charge is -2.39. The fraction of sp³-hybridized carbons (Fsp3) is 0.0667. The van der Waals surface area contributed by atoms with Crippen molar-refractivity contribution >= 4 is 126 Å². The van der Waals surface area contributed by atoms with Crippen LogP contribution in [0.2, 0.25) is 0 Å². The molecule has 4 aromatic heterocycles. The molecule has 310 valence electrons. The van der Waals surface area contributed by atoms with E-state index < -0.39 is 0 Å². The highest BCUT2D eigenvalue weighted by Crippen LogP contribution is 2.49. The molecule has 66 heavy (non-hydrogen) atoms. The van der Waals surface area contributed by atoms with Crippen molar-refractivity contribution in [2.75, 3.05) is 4.90 Å². The topological polar surface area (TPSA) is 26.2 Å². The monoisotopic (exact) mass is 861 g/mol. The van der Waals surface area contributed by atoms with E-state index in [-0.39, 0.29) is 12.1 Å². The molecule has 0 unspecified atom stereocenters. The van der Waals surface area contributed by atoms with Crippen LogP contribution in [-0.2, 0) is 5.41 Å². The third kappa shape index (κ3) is 4.73. The third-order valence-corrected chi connectivity index (χ3v) is 15.8. The third-order valence-electron chi connectivity index (χ3n) is 14.6. The van der Waals surface area contributed by atoms with E-state index in [0.717, 1.165) is 44.4 Å². The summed E-state index contributed by atoms with van der Waals surface area (Å²) in [4.78, 5) is 2.58. The van der Waals surface area contributed by atoms with Crippen LogP contribution >= 0.6 is 11.3 Å². The zero-order chi connectivity index (χ0) is 43.6. The molecule has 0 aliphatic carbocycles. The number of anilines is 3. The van der Waals surface area contributed by atoms with Gasteiger partial charge >= 0.3 is 0 Å². The summed E-state index contributed by atoms with van der Waals surface area (Å²) in [5.41, 5.74) is 19.1. The maximum Gasteiger partial charge on any atom is 0.264 e. The molecule has 0 amide bonds. The van der Waals surface area contributed by atoms with Gasteiger partial charge in [0.05, 0.1) is 22.2 Å². The van der Waals surface area contributed by atoms with Gasteiger partial charge < -0.3 is 18.5 Å². The summed E-state index contributed by atoms with van der Waals surface area (Å²) in [6.45, 7) is 7.00. The molecule has 6 heteroatoms. The number of furan rings is 1. The second-order valence-electron chi connectivity index (χ2n) is 19.2. The van der Waals surface area contributed by atoms with Crippen molar-refractivity contribution in [3.8, 4) is 22.5 Å². The summed E-state index contributed by atoms with van der Waals surface area (Å²) in [6, 6.07) is 69.8. The molecule has 2 aliphatic rings. The summed E-state index contributed by atoms with van der Waals surface area (Å²) in [7, 11) is 0. The molecule has 4 nitrogen and oxygen atoms in total. The van der Waals surface area contributed by atoms with E-state index >= 15 is 0 Å². The number of benzene rings is 9. The second kappa shape index (κ2) is 12.9. The Labute approximate surface area is 385 Å². The van der Waals surface area contributed by atoms with E-state index in [9.17, 15) is 0 Å². The summed E-state index contributed by atoms with van der Waals surface area (Å²) in [5, 5.41) is 8.64. The summed E-state index contributed by atoms with van der Waals surface area (Å²) in [5.74, 6) is 0. The molecule has 0 saturated carbocycles. The van der Waals surface area contributed by atoms with Crippen molar-refractivity contribution in [3.05, 3.63) is 194 Å². The number of fused-ring (bicyclic) bond motifs is 16. The van der Waals surface area contributed by atoms with Gasteiger partial charge in [0.2, 0.25) is 0 Å². The Morgan fingerprint density at radius 3 is 2.05 bits per heavy atom. The molecular formula is C60H40BN3OS. The zero-order valence-electron chi connectivity index (χ0n) is 36.6. The van der Waals surface area contributed by atoms with Gasteiger partial charge in [0.1, 0.15) is 11.2 Å². The number of hydrogen-bond donors (Lipinski definition) is 0. The van der Waals surface area contributed by atoms with Crippen molar-refractivity contribution in [2.45, 2.75) is 26.2 Å². The van der Waals surface area contributed by atoms with Crippen LogP contribution in [0.25, 0.3) is 98.1 Å². The fourth-order valence-corrected chi connectivity index (χ4v) is 13.1. The van der Waals surface area contributed by atoms with Crippen LogP contribution in [0.3, 0.4) is 0 Å². The minimum absolute atomic E-state index is 0.0193. The van der Waals surface area contributed by atoms with E-state index in [1.807, 2.05) is 17.4 Å². The molecule has 15 rings (SSSR count). The van der Waals surface area contributed by atoms with Crippen LogP contribution in [0.5, 0.6) is 0 Å². The van der Waals surface area contributed by atoms with Crippen LogP contribution in [0, 0.1) is 0 Å². The molecule has 0 radical (unpaired) electrons. The van der Waals surface area contributed by atoms with Crippen molar-refractivity contribution in [3.63, 3.8) is 0 Å². The average molecular weight is 862 g/mol. The van der Waals surface area contributed by atoms with Crippen molar-refractivity contribution in [1.82, 2.24) is 9.13 Å². The van der Waals surface area contributed by atoms with Gasteiger partial charge in [-0.25, -0.2) is 0 Å². The standard InChI is InChI=1S/C60H40BN3OS/c1-60(2,3)36-29-30-46-52(34-36)66-59-57(46)63(38-18-11-15-35(33-38)39-21-12-23-45-41-20-8-10-28-51(41)65-58(39)45)49-26-14-27-50-53(49)61(59)47-24-13-22-42-44-32-31-43-40-19-7-9-25-48(40)62(37-16-5-4-6-17-37)55(43)56(44)64(50)54(42)47/h4-34H,1-3H3. The second-order valence-corrected chi connectivity index (χ2v) is 20.3. The number of aromatic nitrogens is 2. The normalized spacial score (nSPS) is 13.3. The molecule has 0 atom stereocenters. The van der Waals surface area contributed by atoms with Crippen LogP contribution in [0.4, 0.5) is 17.1 Å². The highest BCUT2D eigenvalue weighted by atomic mass is 32.1. The number of hydrogen-bond acceptors (Lipinski definition) is 3. The first-order valence-corrected chi connectivity index (χ1v) is 23.8. The first kappa shape index (κ1) is 36.5. The van der Waals surface area contributed by atoms with Crippen LogP contribution in [0.1, 0.15) is 26.3 Å². The van der Waals surface area contributed by atoms with Crippen molar-refractivity contribution < 1.29 is 4.42 Å². The summed E-state index contributed by atoms with van der Waals surface area (Å²) < 4.78 is 14.5. The smallest absolute Gasteiger partial charge is 0.264 e. The number of para-hydroxylation sites is 5. The molecule has 0 fully saturated rings. The largest absolute Gasteiger partial charge is 0.455 e. The lowest BCUT2D eigenvalue weighted by atomic mass is 9.36.